The van der Waals surface area contributed by atoms with Crippen LogP contribution in [0.3, 0.4) is 0 Å². The van der Waals surface area contributed by atoms with Crippen molar-refractivity contribution in [2.45, 2.75) is 31.5 Å². The number of halogens is 1. The van der Waals surface area contributed by atoms with E-state index in [4.69, 9.17) is 14.2 Å². The topological polar surface area (TPSA) is 44.8 Å². The molecule has 0 aromatic heterocycles. The molecule has 1 heterocycles. The van der Waals surface area contributed by atoms with Gasteiger partial charge in [0.15, 0.2) is 6.10 Å². The predicted octanol–water partition coefficient (Wildman–Crippen LogP) is 3.48. The summed E-state index contributed by atoms with van der Waals surface area (Å²) in [7, 11) is 0. The van der Waals surface area contributed by atoms with Crippen LogP contribution in [0.5, 0.6) is 0 Å². The fourth-order valence-corrected chi connectivity index (χ4v) is 3.12. The first-order chi connectivity index (χ1) is 11.8. The smallest absolute Gasteiger partial charge is 0.338 e. The number of esters is 1. The molecule has 2 aromatic carbocycles. The maximum Gasteiger partial charge on any atom is 0.338 e. The highest BCUT2D eigenvalue weighted by molar-refractivity contribution is 9.09. The first kappa shape index (κ1) is 17.1. The second-order valence-corrected chi connectivity index (χ2v) is 6.26. The largest absolute Gasteiger partial charge is 0.457 e. The number of benzene rings is 2. The van der Waals surface area contributed by atoms with E-state index >= 15 is 0 Å². The van der Waals surface area contributed by atoms with Gasteiger partial charge in [-0.25, -0.2) is 4.79 Å². The number of carbonyl (C=O) groups is 1. The van der Waals surface area contributed by atoms with Gasteiger partial charge in [-0.05, 0) is 11.1 Å². The van der Waals surface area contributed by atoms with Crippen molar-refractivity contribution in [1.82, 2.24) is 0 Å². The minimum atomic E-state index is -0.712. The maximum absolute atomic E-state index is 12.1. The molecule has 0 N–H and O–H groups in total. The lowest BCUT2D eigenvalue weighted by Gasteiger charge is -2.20. The molecule has 0 aliphatic carbocycles. The third-order valence-electron chi connectivity index (χ3n) is 3.87. The van der Waals surface area contributed by atoms with E-state index in [0.717, 1.165) is 11.1 Å². The standard InChI is InChI=1S/C19H19BrO4/c20-11-16-17(22-12-14-7-3-1-4-8-14)18(19(21)24-16)23-13-15-9-5-2-6-10-15/h1-10,16-18H,11-13H2/t16-,17?,18?/m1/s1. The van der Waals surface area contributed by atoms with E-state index in [1.165, 1.54) is 0 Å². The summed E-state index contributed by atoms with van der Waals surface area (Å²) in [6.45, 7) is 0.762. The van der Waals surface area contributed by atoms with Gasteiger partial charge < -0.3 is 14.2 Å². The summed E-state index contributed by atoms with van der Waals surface area (Å²) >= 11 is 3.38. The van der Waals surface area contributed by atoms with Crippen LogP contribution >= 0.6 is 15.9 Å². The number of hydrogen-bond donors (Lipinski definition) is 0. The van der Waals surface area contributed by atoms with Crippen LogP contribution in [0.4, 0.5) is 0 Å². The van der Waals surface area contributed by atoms with Gasteiger partial charge in [0, 0.05) is 5.33 Å². The van der Waals surface area contributed by atoms with Crippen LogP contribution < -0.4 is 0 Å². The minimum Gasteiger partial charge on any atom is -0.457 e. The van der Waals surface area contributed by atoms with Crippen molar-refractivity contribution in [2.75, 3.05) is 5.33 Å². The highest BCUT2D eigenvalue weighted by atomic mass is 79.9. The second kappa shape index (κ2) is 8.42. The average Bonchev–Trinajstić information content (AvgIpc) is 2.94. The molecule has 3 rings (SSSR count). The fourth-order valence-electron chi connectivity index (χ4n) is 2.62. The van der Waals surface area contributed by atoms with Crippen molar-refractivity contribution < 1.29 is 19.0 Å². The van der Waals surface area contributed by atoms with E-state index < -0.39 is 12.2 Å². The van der Waals surface area contributed by atoms with E-state index in [1.54, 1.807) is 0 Å². The number of alkyl halides is 1. The van der Waals surface area contributed by atoms with E-state index in [9.17, 15) is 4.79 Å². The number of hydrogen-bond acceptors (Lipinski definition) is 4. The molecule has 2 aromatic rings. The Hall–Kier alpha value is -1.69. The van der Waals surface area contributed by atoms with Gasteiger partial charge in [0.05, 0.1) is 13.2 Å². The predicted molar refractivity (Wildman–Crippen MR) is 93.7 cm³/mol. The first-order valence-corrected chi connectivity index (χ1v) is 8.97. The molecule has 0 radical (unpaired) electrons. The molecular formula is C19H19BrO4. The number of ether oxygens (including phenoxy) is 3. The third kappa shape index (κ3) is 4.23. The Bertz CT molecular complexity index is 647. The third-order valence-corrected chi connectivity index (χ3v) is 4.51. The van der Waals surface area contributed by atoms with Gasteiger partial charge in [0.2, 0.25) is 0 Å². The van der Waals surface area contributed by atoms with Crippen LogP contribution in [0.1, 0.15) is 11.1 Å². The van der Waals surface area contributed by atoms with Crippen LogP contribution in [-0.4, -0.2) is 29.6 Å². The summed E-state index contributed by atoms with van der Waals surface area (Å²) in [6, 6.07) is 19.6. The molecule has 3 atom stereocenters. The molecule has 4 nitrogen and oxygen atoms in total. The van der Waals surface area contributed by atoms with Crippen LogP contribution in [0.25, 0.3) is 0 Å². The van der Waals surface area contributed by atoms with E-state index in [1.807, 2.05) is 60.7 Å². The summed E-state index contributed by atoms with van der Waals surface area (Å²) < 4.78 is 17.2. The summed E-state index contributed by atoms with van der Waals surface area (Å²) in [5, 5.41) is 0.517. The average molecular weight is 391 g/mol. The summed E-state index contributed by atoms with van der Waals surface area (Å²) in [6.07, 6.45) is -1.49. The number of carbonyl (C=O) groups excluding carboxylic acids is 1. The quantitative estimate of drug-likeness (QED) is 0.536. The Morgan fingerprint density at radius 2 is 1.42 bits per heavy atom. The van der Waals surface area contributed by atoms with Crippen molar-refractivity contribution in [3.05, 3.63) is 71.8 Å². The van der Waals surface area contributed by atoms with Crippen molar-refractivity contribution >= 4 is 21.9 Å². The maximum atomic E-state index is 12.1. The van der Waals surface area contributed by atoms with E-state index in [-0.39, 0.29) is 12.1 Å². The molecule has 1 aliphatic rings. The monoisotopic (exact) mass is 390 g/mol. The van der Waals surface area contributed by atoms with Crippen molar-refractivity contribution in [2.24, 2.45) is 0 Å². The van der Waals surface area contributed by atoms with Crippen LogP contribution in [-0.2, 0) is 32.2 Å². The molecular weight excluding hydrogens is 372 g/mol. The summed E-state index contributed by atoms with van der Waals surface area (Å²) in [5.74, 6) is -0.367. The Kier molecular flexibility index (Phi) is 6.01. The van der Waals surface area contributed by atoms with Gasteiger partial charge in [-0.15, -0.1) is 0 Å². The van der Waals surface area contributed by atoms with Gasteiger partial charge in [0.1, 0.15) is 12.2 Å². The summed E-state index contributed by atoms with van der Waals surface area (Å²) in [5.41, 5.74) is 2.06. The number of rotatable bonds is 7. The van der Waals surface area contributed by atoms with Crippen LogP contribution in [0.2, 0.25) is 0 Å². The lowest BCUT2D eigenvalue weighted by atomic mass is 10.1. The first-order valence-electron chi connectivity index (χ1n) is 7.85. The van der Waals surface area contributed by atoms with E-state index in [0.29, 0.717) is 18.5 Å². The highest BCUT2D eigenvalue weighted by Gasteiger charge is 2.46. The van der Waals surface area contributed by atoms with Crippen LogP contribution in [0, 0.1) is 0 Å². The Balaban J connectivity index is 1.64. The van der Waals surface area contributed by atoms with E-state index in [2.05, 4.69) is 15.9 Å². The Morgan fingerprint density at radius 1 is 0.875 bits per heavy atom. The molecule has 5 heteroatoms. The zero-order valence-electron chi connectivity index (χ0n) is 13.1. The molecule has 0 saturated carbocycles. The van der Waals surface area contributed by atoms with Gasteiger partial charge in [0.25, 0.3) is 0 Å². The molecule has 1 aliphatic heterocycles. The van der Waals surface area contributed by atoms with Gasteiger partial charge in [-0.1, -0.05) is 76.6 Å². The van der Waals surface area contributed by atoms with Gasteiger partial charge in [-0.3, -0.25) is 0 Å². The molecule has 0 amide bonds. The normalized spacial score (nSPS) is 23.2. The zero-order valence-corrected chi connectivity index (χ0v) is 14.7. The molecule has 0 bridgehead atoms. The minimum absolute atomic E-state index is 0.345. The van der Waals surface area contributed by atoms with Gasteiger partial charge >= 0.3 is 5.97 Å². The highest BCUT2D eigenvalue weighted by Crippen LogP contribution is 2.25. The Morgan fingerprint density at radius 3 is 1.96 bits per heavy atom. The SMILES string of the molecule is O=C1O[C@H](CBr)C(OCc2ccccc2)C1OCc1ccccc1. The summed E-state index contributed by atoms with van der Waals surface area (Å²) in [4.78, 5) is 12.1. The van der Waals surface area contributed by atoms with Crippen molar-refractivity contribution in [1.29, 1.82) is 0 Å². The Labute approximate surface area is 149 Å². The molecule has 1 saturated heterocycles. The molecule has 0 spiro atoms. The van der Waals surface area contributed by atoms with Crippen LogP contribution in [0.15, 0.2) is 60.7 Å². The molecule has 24 heavy (non-hydrogen) atoms. The van der Waals surface area contributed by atoms with Crippen molar-refractivity contribution in [3.8, 4) is 0 Å². The molecule has 2 unspecified atom stereocenters. The lowest BCUT2D eigenvalue weighted by Crippen LogP contribution is -2.36. The fraction of sp³-hybridized carbons (Fsp3) is 0.316. The lowest BCUT2D eigenvalue weighted by molar-refractivity contribution is -0.150. The second-order valence-electron chi connectivity index (χ2n) is 5.61. The number of cyclic esters (lactones) is 1. The zero-order chi connectivity index (χ0) is 16.8. The van der Waals surface area contributed by atoms with Gasteiger partial charge in [-0.2, -0.15) is 0 Å². The molecule has 1 fully saturated rings. The molecule has 126 valence electrons. The van der Waals surface area contributed by atoms with Crippen molar-refractivity contribution in [3.63, 3.8) is 0 Å².